The summed E-state index contributed by atoms with van der Waals surface area (Å²) in [7, 11) is -3.13. The van der Waals surface area contributed by atoms with Crippen molar-refractivity contribution in [1.29, 1.82) is 0 Å². The van der Waals surface area contributed by atoms with Crippen molar-refractivity contribution in [3.63, 3.8) is 0 Å². The van der Waals surface area contributed by atoms with Gasteiger partial charge in [-0.15, -0.1) is 0 Å². The van der Waals surface area contributed by atoms with Gasteiger partial charge in [0.2, 0.25) is 0 Å². The number of nitrogens with zero attached hydrogens (tertiary/aromatic N) is 1. The minimum Gasteiger partial charge on any atom is -0.253 e. The minimum absolute atomic E-state index is 0.345. The van der Waals surface area contributed by atoms with E-state index in [0.717, 1.165) is 24.1 Å². The predicted octanol–water partition coefficient (Wildman–Crippen LogP) is 2.64. The lowest BCUT2D eigenvalue weighted by atomic mass is 10.1. The Morgan fingerprint density at radius 3 is 2.42 bits per heavy atom. The highest BCUT2D eigenvalue weighted by molar-refractivity contribution is 7.90. The van der Waals surface area contributed by atoms with Crippen LogP contribution in [-0.2, 0) is 22.7 Å². The fraction of sp³-hybridized carbons (Fsp3) is 0.267. The molecule has 2 aromatic rings. The number of sulfone groups is 1. The zero-order valence-electron chi connectivity index (χ0n) is 10.8. The molecule has 98 valence electrons. The first-order chi connectivity index (χ1) is 9.04. The molecular weight excluding hydrogens is 258 g/mol. The molecule has 1 heterocycles. The van der Waals surface area contributed by atoms with E-state index in [-0.39, 0.29) is 0 Å². The van der Waals surface area contributed by atoms with E-state index in [1.54, 1.807) is 12.1 Å². The van der Waals surface area contributed by atoms with Gasteiger partial charge in [-0.1, -0.05) is 18.2 Å². The van der Waals surface area contributed by atoms with Crippen molar-refractivity contribution in [2.75, 3.05) is 6.26 Å². The average Bonchev–Trinajstić information content (AvgIpc) is 2.85. The van der Waals surface area contributed by atoms with Crippen molar-refractivity contribution in [2.45, 2.75) is 24.2 Å². The van der Waals surface area contributed by atoms with Gasteiger partial charge in [0.25, 0.3) is 0 Å². The summed E-state index contributed by atoms with van der Waals surface area (Å²) in [6, 6.07) is 11.1. The van der Waals surface area contributed by atoms with Gasteiger partial charge in [0.1, 0.15) is 0 Å². The van der Waals surface area contributed by atoms with E-state index in [0.29, 0.717) is 4.90 Å². The molecular formula is C15H15NO2S. The first kappa shape index (κ1) is 12.4. The van der Waals surface area contributed by atoms with Crippen LogP contribution in [0.2, 0.25) is 0 Å². The van der Waals surface area contributed by atoms with Crippen molar-refractivity contribution in [3.05, 3.63) is 47.7 Å². The van der Waals surface area contributed by atoms with Gasteiger partial charge in [-0.3, -0.25) is 4.98 Å². The average molecular weight is 273 g/mol. The molecule has 3 rings (SSSR count). The van der Waals surface area contributed by atoms with E-state index >= 15 is 0 Å². The molecule has 0 atom stereocenters. The van der Waals surface area contributed by atoms with E-state index < -0.39 is 9.84 Å². The van der Waals surface area contributed by atoms with Crippen LogP contribution in [-0.4, -0.2) is 19.7 Å². The molecule has 1 aromatic carbocycles. The Balaban J connectivity index is 1.99. The second-order valence-corrected chi connectivity index (χ2v) is 6.97. The molecule has 1 aliphatic rings. The van der Waals surface area contributed by atoms with Gasteiger partial charge in [0, 0.05) is 17.5 Å². The van der Waals surface area contributed by atoms with Gasteiger partial charge in [-0.25, -0.2) is 8.42 Å². The molecule has 0 aliphatic heterocycles. The Kier molecular flexibility index (Phi) is 2.90. The summed E-state index contributed by atoms with van der Waals surface area (Å²) in [4.78, 5) is 5.01. The largest absolute Gasteiger partial charge is 0.253 e. The van der Waals surface area contributed by atoms with Gasteiger partial charge in [0.05, 0.1) is 10.6 Å². The van der Waals surface area contributed by atoms with Crippen LogP contribution >= 0.6 is 0 Å². The Morgan fingerprint density at radius 1 is 1.00 bits per heavy atom. The molecule has 0 amide bonds. The van der Waals surface area contributed by atoms with Crippen molar-refractivity contribution >= 4 is 9.84 Å². The monoisotopic (exact) mass is 273 g/mol. The second kappa shape index (κ2) is 4.46. The van der Waals surface area contributed by atoms with E-state index in [1.165, 1.54) is 23.9 Å². The number of hydrogen-bond acceptors (Lipinski definition) is 3. The number of aryl methyl sites for hydroxylation is 2. The maximum atomic E-state index is 11.4. The third-order valence-corrected chi connectivity index (χ3v) is 4.63. The lowest BCUT2D eigenvalue weighted by Gasteiger charge is -2.05. The SMILES string of the molecule is CS(=O)(=O)c1ccc(-c2ccc3c(n2)CCC3)cc1. The molecule has 1 aliphatic carbocycles. The molecule has 19 heavy (non-hydrogen) atoms. The summed E-state index contributed by atoms with van der Waals surface area (Å²) in [5.41, 5.74) is 4.41. The van der Waals surface area contributed by atoms with Gasteiger partial charge >= 0.3 is 0 Å². The van der Waals surface area contributed by atoms with Gasteiger partial charge in [-0.05, 0) is 43.0 Å². The van der Waals surface area contributed by atoms with Gasteiger partial charge in [0.15, 0.2) is 9.84 Å². The Hall–Kier alpha value is -1.68. The smallest absolute Gasteiger partial charge is 0.175 e. The third-order valence-electron chi connectivity index (χ3n) is 3.51. The van der Waals surface area contributed by atoms with E-state index in [9.17, 15) is 8.42 Å². The molecule has 3 nitrogen and oxygen atoms in total. The second-order valence-electron chi connectivity index (χ2n) is 4.95. The third kappa shape index (κ3) is 2.40. The number of rotatable bonds is 2. The Bertz CT molecular complexity index is 718. The van der Waals surface area contributed by atoms with Crippen molar-refractivity contribution < 1.29 is 8.42 Å². The maximum absolute atomic E-state index is 11.4. The standard InChI is InChI=1S/C15H15NO2S/c1-19(17,18)13-8-5-12(6-9-13)15-10-7-11-3-2-4-14(11)16-15/h5-10H,2-4H2,1H3. The molecule has 4 heteroatoms. The first-order valence-electron chi connectivity index (χ1n) is 6.33. The lowest BCUT2D eigenvalue weighted by molar-refractivity contribution is 0.602. The van der Waals surface area contributed by atoms with Crippen molar-refractivity contribution in [1.82, 2.24) is 4.98 Å². The van der Waals surface area contributed by atoms with Gasteiger partial charge in [-0.2, -0.15) is 0 Å². The fourth-order valence-corrected chi connectivity index (χ4v) is 3.08. The van der Waals surface area contributed by atoms with Crippen molar-refractivity contribution in [3.8, 4) is 11.3 Å². The number of aromatic nitrogens is 1. The van der Waals surface area contributed by atoms with Crippen molar-refractivity contribution in [2.24, 2.45) is 0 Å². The molecule has 0 radical (unpaired) electrons. The summed E-state index contributed by atoms with van der Waals surface area (Å²) in [5, 5.41) is 0. The summed E-state index contributed by atoms with van der Waals surface area (Å²) < 4.78 is 22.8. The highest BCUT2D eigenvalue weighted by Gasteiger charge is 2.13. The zero-order chi connectivity index (χ0) is 13.5. The van der Waals surface area contributed by atoms with Crippen LogP contribution in [0.4, 0.5) is 0 Å². The number of fused-ring (bicyclic) bond motifs is 1. The first-order valence-corrected chi connectivity index (χ1v) is 8.22. The van der Waals surface area contributed by atoms with Crippen LogP contribution in [0.1, 0.15) is 17.7 Å². The molecule has 0 bridgehead atoms. The molecule has 1 aromatic heterocycles. The predicted molar refractivity (Wildman–Crippen MR) is 74.8 cm³/mol. The fourth-order valence-electron chi connectivity index (χ4n) is 2.45. The van der Waals surface area contributed by atoms with Crippen LogP contribution in [0, 0.1) is 0 Å². The molecule has 0 saturated carbocycles. The lowest BCUT2D eigenvalue weighted by Crippen LogP contribution is -1.97. The zero-order valence-corrected chi connectivity index (χ0v) is 11.6. The minimum atomic E-state index is -3.13. The topological polar surface area (TPSA) is 47.0 Å². The molecule has 0 N–H and O–H groups in total. The summed E-state index contributed by atoms with van der Waals surface area (Å²) in [6.45, 7) is 0. The Morgan fingerprint density at radius 2 is 1.74 bits per heavy atom. The molecule has 0 fully saturated rings. The summed E-state index contributed by atoms with van der Waals surface area (Å²) in [5.74, 6) is 0. The quantitative estimate of drug-likeness (QED) is 0.845. The normalized spacial score (nSPS) is 14.4. The number of hydrogen-bond donors (Lipinski definition) is 0. The van der Waals surface area contributed by atoms with Crippen LogP contribution in [0.15, 0.2) is 41.3 Å². The number of benzene rings is 1. The van der Waals surface area contributed by atoms with Crippen LogP contribution < -0.4 is 0 Å². The van der Waals surface area contributed by atoms with Crippen LogP contribution in [0.5, 0.6) is 0 Å². The Labute approximate surface area is 113 Å². The van der Waals surface area contributed by atoms with E-state index in [1.807, 2.05) is 18.2 Å². The van der Waals surface area contributed by atoms with E-state index in [4.69, 9.17) is 0 Å². The van der Waals surface area contributed by atoms with Crippen LogP contribution in [0.25, 0.3) is 11.3 Å². The van der Waals surface area contributed by atoms with E-state index in [2.05, 4.69) is 11.1 Å². The summed E-state index contributed by atoms with van der Waals surface area (Å²) >= 11 is 0. The maximum Gasteiger partial charge on any atom is 0.175 e. The molecule has 0 unspecified atom stereocenters. The summed E-state index contributed by atoms with van der Waals surface area (Å²) in [6.07, 6.45) is 4.56. The molecule has 0 saturated heterocycles. The van der Waals surface area contributed by atoms with Crippen LogP contribution in [0.3, 0.4) is 0 Å². The molecule has 0 spiro atoms. The highest BCUT2D eigenvalue weighted by atomic mass is 32.2. The van der Waals surface area contributed by atoms with Gasteiger partial charge < -0.3 is 0 Å². The highest BCUT2D eigenvalue weighted by Crippen LogP contribution is 2.25. The number of pyridine rings is 1.